The third kappa shape index (κ3) is 4.38. The molecule has 115 valence electrons. The molecular formula is C17H11FN2NaO3. The van der Waals surface area contributed by atoms with Gasteiger partial charge < -0.3 is 9.84 Å². The molecule has 0 spiro atoms. The number of aromatic carboxylic acids is 1. The third-order valence-corrected chi connectivity index (χ3v) is 3.05. The van der Waals surface area contributed by atoms with Crippen LogP contribution in [0.2, 0.25) is 0 Å². The van der Waals surface area contributed by atoms with Gasteiger partial charge in [-0.3, -0.25) is 0 Å². The summed E-state index contributed by atoms with van der Waals surface area (Å²) in [5.41, 5.74) is 1.24. The van der Waals surface area contributed by atoms with E-state index in [0.29, 0.717) is 17.2 Å². The first-order valence-corrected chi connectivity index (χ1v) is 6.72. The van der Waals surface area contributed by atoms with Crippen molar-refractivity contribution in [2.24, 2.45) is 0 Å². The van der Waals surface area contributed by atoms with Crippen LogP contribution in [-0.4, -0.2) is 50.6 Å². The summed E-state index contributed by atoms with van der Waals surface area (Å²) in [5, 5.41) is 8.91. The monoisotopic (exact) mass is 333 g/mol. The van der Waals surface area contributed by atoms with Gasteiger partial charge in [0.1, 0.15) is 17.3 Å². The summed E-state index contributed by atoms with van der Waals surface area (Å²) in [6.45, 7) is 0. The molecule has 24 heavy (non-hydrogen) atoms. The number of benzene rings is 2. The maximum absolute atomic E-state index is 12.8. The van der Waals surface area contributed by atoms with Crippen molar-refractivity contribution < 1.29 is 19.0 Å². The van der Waals surface area contributed by atoms with Gasteiger partial charge in [-0.25, -0.2) is 19.2 Å². The van der Waals surface area contributed by atoms with Crippen molar-refractivity contribution in [2.45, 2.75) is 0 Å². The van der Waals surface area contributed by atoms with Gasteiger partial charge in [-0.15, -0.1) is 0 Å². The topological polar surface area (TPSA) is 72.3 Å². The molecule has 1 radical (unpaired) electrons. The van der Waals surface area contributed by atoms with Crippen LogP contribution in [0, 0.1) is 5.82 Å². The molecule has 2 aromatic carbocycles. The van der Waals surface area contributed by atoms with E-state index in [1.54, 1.807) is 30.3 Å². The minimum absolute atomic E-state index is 0. The second-order valence-corrected chi connectivity index (χ2v) is 4.65. The van der Waals surface area contributed by atoms with E-state index >= 15 is 0 Å². The number of ether oxygens (including phenoxy) is 1. The predicted molar refractivity (Wildman–Crippen MR) is 86.7 cm³/mol. The van der Waals surface area contributed by atoms with Crippen LogP contribution in [0.25, 0.3) is 11.3 Å². The van der Waals surface area contributed by atoms with Gasteiger partial charge in [-0.2, -0.15) is 0 Å². The van der Waals surface area contributed by atoms with E-state index in [1.807, 2.05) is 0 Å². The Morgan fingerprint density at radius 3 is 2.12 bits per heavy atom. The van der Waals surface area contributed by atoms with Crippen LogP contribution in [-0.2, 0) is 0 Å². The molecule has 1 N–H and O–H groups in total. The number of nitrogens with zero attached hydrogens (tertiary/aromatic N) is 2. The van der Waals surface area contributed by atoms with Crippen molar-refractivity contribution in [3.8, 4) is 22.8 Å². The number of carboxylic acids is 1. The summed E-state index contributed by atoms with van der Waals surface area (Å²) >= 11 is 0. The molecule has 1 aromatic heterocycles. The van der Waals surface area contributed by atoms with Crippen molar-refractivity contribution >= 4 is 35.5 Å². The number of carbonyl (C=O) groups is 1. The van der Waals surface area contributed by atoms with Crippen molar-refractivity contribution in [2.75, 3.05) is 0 Å². The average molecular weight is 333 g/mol. The van der Waals surface area contributed by atoms with Gasteiger partial charge in [0.15, 0.2) is 0 Å². The molecule has 3 rings (SSSR count). The van der Waals surface area contributed by atoms with Gasteiger partial charge >= 0.3 is 5.97 Å². The minimum atomic E-state index is -1.18. The van der Waals surface area contributed by atoms with Crippen molar-refractivity contribution in [1.82, 2.24) is 9.97 Å². The summed E-state index contributed by atoms with van der Waals surface area (Å²) in [5.74, 6) is -0.662. The van der Waals surface area contributed by atoms with Crippen LogP contribution < -0.4 is 4.74 Å². The zero-order chi connectivity index (χ0) is 16.2. The number of hydrogen-bond donors (Lipinski definition) is 1. The van der Waals surface area contributed by atoms with E-state index in [-0.39, 0.29) is 41.2 Å². The molecule has 0 saturated carbocycles. The SMILES string of the molecule is O=C(O)c1nccc(-c2ccc(Oc3ccc(F)cc3)cc2)n1.[Na]. The molecule has 0 aliphatic heterocycles. The molecule has 7 heteroatoms. The minimum Gasteiger partial charge on any atom is -0.475 e. The molecule has 0 aliphatic carbocycles. The van der Waals surface area contributed by atoms with Crippen molar-refractivity contribution in [3.05, 3.63) is 72.4 Å². The second kappa shape index (κ2) is 8.01. The van der Waals surface area contributed by atoms with E-state index in [9.17, 15) is 9.18 Å². The predicted octanol–water partition coefficient (Wildman–Crippen LogP) is 3.39. The Kier molecular flexibility index (Phi) is 6.03. The quantitative estimate of drug-likeness (QED) is 0.741. The maximum Gasteiger partial charge on any atom is 0.373 e. The first-order valence-electron chi connectivity index (χ1n) is 6.72. The molecule has 5 nitrogen and oxygen atoms in total. The van der Waals surface area contributed by atoms with E-state index in [1.165, 1.54) is 30.5 Å². The zero-order valence-electron chi connectivity index (χ0n) is 12.8. The molecular weight excluding hydrogens is 322 g/mol. The van der Waals surface area contributed by atoms with Crippen LogP contribution >= 0.6 is 0 Å². The van der Waals surface area contributed by atoms with Gasteiger partial charge in [-0.1, -0.05) is 0 Å². The average Bonchev–Trinajstić information content (AvgIpc) is 2.58. The number of halogens is 1. The molecule has 0 bridgehead atoms. The molecule has 1 heterocycles. The number of hydrogen-bond acceptors (Lipinski definition) is 4. The third-order valence-electron chi connectivity index (χ3n) is 3.05. The van der Waals surface area contributed by atoms with Crippen LogP contribution in [0.3, 0.4) is 0 Å². The fraction of sp³-hybridized carbons (Fsp3) is 0. The zero-order valence-corrected chi connectivity index (χ0v) is 14.8. The molecule has 3 aromatic rings. The Morgan fingerprint density at radius 1 is 0.958 bits per heavy atom. The Balaban J connectivity index is 0.00000208. The Hall–Kier alpha value is -2.28. The molecule has 0 fully saturated rings. The number of carboxylic acid groups (broad SMARTS) is 1. The summed E-state index contributed by atoms with van der Waals surface area (Å²) in [7, 11) is 0. The largest absolute Gasteiger partial charge is 0.475 e. The fourth-order valence-electron chi connectivity index (χ4n) is 1.95. The van der Waals surface area contributed by atoms with Crippen LogP contribution in [0.1, 0.15) is 10.6 Å². The van der Waals surface area contributed by atoms with Gasteiger partial charge in [0.05, 0.1) is 5.69 Å². The summed E-state index contributed by atoms with van der Waals surface area (Å²) in [4.78, 5) is 18.5. The first-order chi connectivity index (χ1) is 11.1. The fourth-order valence-corrected chi connectivity index (χ4v) is 1.95. The van der Waals surface area contributed by atoms with Crippen LogP contribution in [0.5, 0.6) is 11.5 Å². The van der Waals surface area contributed by atoms with E-state index < -0.39 is 5.97 Å². The van der Waals surface area contributed by atoms with Gasteiger partial charge in [0.2, 0.25) is 5.82 Å². The molecule has 0 unspecified atom stereocenters. The summed E-state index contributed by atoms with van der Waals surface area (Å²) in [6, 6.07) is 14.3. The van der Waals surface area contributed by atoms with Gasteiger partial charge in [0.25, 0.3) is 0 Å². The summed E-state index contributed by atoms with van der Waals surface area (Å²) in [6.07, 6.45) is 1.40. The second-order valence-electron chi connectivity index (χ2n) is 4.65. The Bertz CT molecular complexity index is 839. The number of aromatic nitrogens is 2. The van der Waals surface area contributed by atoms with E-state index in [2.05, 4.69) is 9.97 Å². The molecule has 0 atom stereocenters. The van der Waals surface area contributed by atoms with Crippen LogP contribution in [0.15, 0.2) is 60.8 Å². The van der Waals surface area contributed by atoms with Crippen LogP contribution in [0.4, 0.5) is 4.39 Å². The van der Waals surface area contributed by atoms with Gasteiger partial charge in [-0.05, 0) is 54.6 Å². The van der Waals surface area contributed by atoms with E-state index in [0.717, 1.165) is 5.56 Å². The first kappa shape index (κ1) is 18.1. The number of rotatable bonds is 4. The molecule has 0 amide bonds. The maximum atomic E-state index is 12.8. The smallest absolute Gasteiger partial charge is 0.373 e. The summed E-state index contributed by atoms with van der Waals surface area (Å²) < 4.78 is 18.4. The molecule has 0 aliphatic rings. The van der Waals surface area contributed by atoms with Gasteiger partial charge in [0, 0.05) is 41.3 Å². The normalized spacial score (nSPS) is 9.88. The van der Waals surface area contributed by atoms with Crippen molar-refractivity contribution in [1.29, 1.82) is 0 Å². The van der Waals surface area contributed by atoms with E-state index in [4.69, 9.17) is 9.84 Å². The van der Waals surface area contributed by atoms with Crippen molar-refractivity contribution in [3.63, 3.8) is 0 Å². The standard InChI is InChI=1S/C17H11FN2O3.Na/c18-12-3-7-14(8-4-12)23-13-5-1-11(2-6-13)15-9-10-19-16(20-15)17(21)22;/h1-10H,(H,21,22);. The molecule has 0 saturated heterocycles. The Labute approximate surface area is 159 Å². The Morgan fingerprint density at radius 2 is 1.54 bits per heavy atom.